The van der Waals surface area contributed by atoms with E-state index in [0.29, 0.717) is 5.69 Å². The van der Waals surface area contributed by atoms with Gasteiger partial charge >= 0.3 is 0 Å². The van der Waals surface area contributed by atoms with Gasteiger partial charge in [-0.25, -0.2) is 4.39 Å². The summed E-state index contributed by atoms with van der Waals surface area (Å²) in [6.45, 7) is 0. The molecule has 0 saturated heterocycles. The molecule has 1 radical (unpaired) electrons. The van der Waals surface area contributed by atoms with Crippen LogP contribution in [0.25, 0.3) is 0 Å². The van der Waals surface area contributed by atoms with Crippen LogP contribution in [0.4, 0.5) is 10.1 Å². The highest BCUT2D eigenvalue weighted by molar-refractivity contribution is 5.35. The SMILES string of the molecule is Nc1c[c]c(F)cc1. The number of hydrogen-bond acceptors (Lipinski definition) is 1. The fourth-order valence-corrected chi connectivity index (χ4v) is 0.418. The van der Waals surface area contributed by atoms with Gasteiger partial charge in [-0.15, -0.1) is 0 Å². The van der Waals surface area contributed by atoms with Gasteiger partial charge in [-0.2, -0.15) is 0 Å². The van der Waals surface area contributed by atoms with Crippen molar-refractivity contribution in [3.8, 4) is 0 Å². The van der Waals surface area contributed by atoms with Crippen LogP contribution in [0.1, 0.15) is 0 Å². The maximum atomic E-state index is 12.0. The van der Waals surface area contributed by atoms with Crippen LogP contribution in [0, 0.1) is 11.9 Å². The van der Waals surface area contributed by atoms with E-state index in [1.807, 2.05) is 0 Å². The Bertz CT molecular complexity index is 147. The van der Waals surface area contributed by atoms with Crippen molar-refractivity contribution in [2.45, 2.75) is 0 Å². The lowest BCUT2D eigenvalue weighted by Crippen LogP contribution is -1.82. The lowest BCUT2D eigenvalue weighted by atomic mass is 10.3. The Kier molecular flexibility index (Phi) is 1.16. The summed E-state index contributed by atoms with van der Waals surface area (Å²) >= 11 is 0. The molecule has 0 atom stereocenters. The Morgan fingerprint density at radius 2 is 2.25 bits per heavy atom. The number of anilines is 1. The number of rotatable bonds is 0. The normalized spacial score (nSPS) is 9.12. The number of nitrogen functional groups attached to an aromatic ring is 1. The molecule has 0 aliphatic carbocycles. The number of hydrogen-bond donors (Lipinski definition) is 1. The average Bonchev–Trinajstić information content (AvgIpc) is 1.77. The number of nitrogens with two attached hydrogens (primary N) is 1. The van der Waals surface area contributed by atoms with Crippen molar-refractivity contribution < 1.29 is 4.39 Å². The van der Waals surface area contributed by atoms with Crippen molar-refractivity contribution in [3.63, 3.8) is 0 Å². The molecule has 0 fully saturated rings. The molecule has 0 aromatic heterocycles. The summed E-state index contributed by atoms with van der Waals surface area (Å²) in [5.74, 6) is -0.376. The lowest BCUT2D eigenvalue weighted by Gasteiger charge is -1.86. The first-order valence-corrected chi connectivity index (χ1v) is 2.22. The van der Waals surface area contributed by atoms with E-state index in [1.165, 1.54) is 18.2 Å². The van der Waals surface area contributed by atoms with Crippen molar-refractivity contribution in [1.82, 2.24) is 0 Å². The Balaban J connectivity index is 3.03. The minimum Gasteiger partial charge on any atom is -0.399 e. The van der Waals surface area contributed by atoms with Crippen LogP contribution >= 0.6 is 0 Å². The third-order valence-electron chi connectivity index (χ3n) is 0.799. The zero-order valence-electron chi connectivity index (χ0n) is 4.19. The minimum atomic E-state index is -0.376. The molecule has 0 heterocycles. The standard InChI is InChI=1S/C6H5FN/c7-5-1-3-6(8)4-2-5/h1,3-4H,8H2. The maximum absolute atomic E-state index is 12.0. The van der Waals surface area contributed by atoms with E-state index in [2.05, 4.69) is 6.07 Å². The van der Waals surface area contributed by atoms with Gasteiger partial charge < -0.3 is 5.73 Å². The Labute approximate surface area is 46.9 Å². The van der Waals surface area contributed by atoms with Gasteiger partial charge in [0.1, 0.15) is 5.82 Å². The zero-order chi connectivity index (χ0) is 5.98. The predicted molar refractivity (Wildman–Crippen MR) is 29.6 cm³/mol. The summed E-state index contributed by atoms with van der Waals surface area (Å²) in [5.41, 5.74) is 5.76. The van der Waals surface area contributed by atoms with Gasteiger partial charge in [0.15, 0.2) is 0 Å². The first kappa shape index (κ1) is 5.09. The summed E-state index contributed by atoms with van der Waals surface area (Å²) in [6, 6.07) is 6.47. The Morgan fingerprint density at radius 1 is 1.50 bits per heavy atom. The predicted octanol–water partition coefficient (Wildman–Crippen LogP) is 1.21. The molecule has 1 aromatic rings. The summed E-state index contributed by atoms with van der Waals surface area (Å²) in [7, 11) is 0. The van der Waals surface area contributed by atoms with Crippen LogP contribution in [-0.2, 0) is 0 Å². The fourth-order valence-electron chi connectivity index (χ4n) is 0.418. The topological polar surface area (TPSA) is 26.0 Å². The van der Waals surface area contributed by atoms with Gasteiger partial charge in [0.25, 0.3) is 0 Å². The molecule has 2 N–H and O–H groups in total. The largest absolute Gasteiger partial charge is 0.399 e. The van der Waals surface area contributed by atoms with Crippen LogP contribution in [-0.4, -0.2) is 0 Å². The van der Waals surface area contributed by atoms with E-state index in [-0.39, 0.29) is 5.82 Å². The van der Waals surface area contributed by atoms with E-state index < -0.39 is 0 Å². The van der Waals surface area contributed by atoms with Gasteiger partial charge in [-0.05, 0) is 18.2 Å². The second kappa shape index (κ2) is 1.82. The van der Waals surface area contributed by atoms with Gasteiger partial charge in [0.2, 0.25) is 0 Å². The summed E-state index contributed by atoms with van der Waals surface area (Å²) in [5, 5.41) is 0. The van der Waals surface area contributed by atoms with Gasteiger partial charge in [0.05, 0.1) is 0 Å². The van der Waals surface area contributed by atoms with Crippen LogP contribution in [0.3, 0.4) is 0 Å². The van der Waals surface area contributed by atoms with E-state index in [0.717, 1.165) is 0 Å². The molecule has 0 saturated carbocycles. The molecule has 0 aliphatic heterocycles. The van der Waals surface area contributed by atoms with Gasteiger partial charge in [-0.3, -0.25) is 0 Å². The highest BCUT2D eigenvalue weighted by atomic mass is 19.1. The molecule has 0 spiro atoms. The second-order valence-corrected chi connectivity index (χ2v) is 1.47. The van der Waals surface area contributed by atoms with Crippen molar-refractivity contribution >= 4 is 5.69 Å². The molecule has 1 rings (SSSR count). The molecule has 2 heteroatoms. The van der Waals surface area contributed by atoms with Crippen molar-refractivity contribution in [2.24, 2.45) is 0 Å². The van der Waals surface area contributed by atoms with Crippen molar-refractivity contribution in [3.05, 3.63) is 30.1 Å². The van der Waals surface area contributed by atoms with E-state index in [1.54, 1.807) is 0 Å². The van der Waals surface area contributed by atoms with Crippen LogP contribution in [0.15, 0.2) is 18.2 Å². The Hall–Kier alpha value is -1.05. The second-order valence-electron chi connectivity index (χ2n) is 1.47. The van der Waals surface area contributed by atoms with E-state index in [4.69, 9.17) is 5.73 Å². The zero-order valence-corrected chi connectivity index (χ0v) is 4.19. The third-order valence-corrected chi connectivity index (χ3v) is 0.799. The Morgan fingerprint density at radius 3 is 2.62 bits per heavy atom. The highest BCUT2D eigenvalue weighted by Gasteiger charge is 1.84. The highest BCUT2D eigenvalue weighted by Crippen LogP contribution is 2.00. The molecule has 0 unspecified atom stereocenters. The molecular formula is C6H5FN. The quantitative estimate of drug-likeness (QED) is 0.499. The molecule has 1 nitrogen and oxygen atoms in total. The lowest BCUT2D eigenvalue weighted by molar-refractivity contribution is 0.626. The molecule has 8 heavy (non-hydrogen) atoms. The minimum absolute atomic E-state index is 0.376. The molecule has 0 amide bonds. The van der Waals surface area contributed by atoms with Crippen LogP contribution in [0.2, 0.25) is 0 Å². The fraction of sp³-hybridized carbons (Fsp3) is 0. The molecule has 41 valence electrons. The summed E-state index contributed by atoms with van der Waals surface area (Å²) < 4.78 is 12.0. The van der Waals surface area contributed by atoms with Crippen LogP contribution < -0.4 is 5.73 Å². The molecule has 1 aromatic carbocycles. The van der Waals surface area contributed by atoms with Gasteiger partial charge in [0, 0.05) is 11.8 Å². The molecule has 0 bridgehead atoms. The maximum Gasteiger partial charge on any atom is 0.131 e. The smallest absolute Gasteiger partial charge is 0.131 e. The van der Waals surface area contributed by atoms with Crippen LogP contribution in [0.5, 0.6) is 0 Å². The van der Waals surface area contributed by atoms with E-state index >= 15 is 0 Å². The van der Waals surface area contributed by atoms with Crippen molar-refractivity contribution in [1.29, 1.82) is 0 Å². The average molecular weight is 110 g/mol. The monoisotopic (exact) mass is 110 g/mol. The van der Waals surface area contributed by atoms with E-state index in [9.17, 15) is 4.39 Å². The van der Waals surface area contributed by atoms with Gasteiger partial charge in [-0.1, -0.05) is 0 Å². The molecule has 0 aliphatic rings. The number of halogens is 1. The first-order valence-electron chi connectivity index (χ1n) is 2.22. The summed E-state index contributed by atoms with van der Waals surface area (Å²) in [4.78, 5) is 0. The first-order chi connectivity index (χ1) is 3.79. The number of benzene rings is 1. The van der Waals surface area contributed by atoms with Crippen molar-refractivity contribution in [2.75, 3.05) is 5.73 Å². The molecular weight excluding hydrogens is 105 g/mol. The third kappa shape index (κ3) is 0.964. The summed E-state index contributed by atoms with van der Waals surface area (Å²) in [6.07, 6.45) is 0.